The zero-order valence-corrected chi connectivity index (χ0v) is 13.9. The molecule has 0 bridgehead atoms. The summed E-state index contributed by atoms with van der Waals surface area (Å²) in [4.78, 5) is 3.84. The molecule has 2 rings (SSSR count). The number of nitrogens with one attached hydrogen (secondary N) is 2. The van der Waals surface area contributed by atoms with Crippen LogP contribution in [0.15, 0.2) is 39.8 Å². The molecule has 5 nitrogen and oxygen atoms in total. The summed E-state index contributed by atoms with van der Waals surface area (Å²) in [5, 5.41) is 2.50. The van der Waals surface area contributed by atoms with Crippen LogP contribution in [0, 0.1) is 5.82 Å². The van der Waals surface area contributed by atoms with E-state index in [0.29, 0.717) is 4.47 Å². The van der Waals surface area contributed by atoms with Gasteiger partial charge in [-0.3, -0.25) is 4.72 Å². The Bertz CT molecular complexity index is 786. The van der Waals surface area contributed by atoms with Gasteiger partial charge < -0.3 is 5.32 Å². The molecule has 0 radical (unpaired) electrons. The van der Waals surface area contributed by atoms with Crippen molar-refractivity contribution in [3.05, 3.63) is 45.8 Å². The van der Waals surface area contributed by atoms with Crippen molar-refractivity contribution >= 4 is 49.1 Å². The molecule has 0 aliphatic carbocycles. The van der Waals surface area contributed by atoms with Crippen LogP contribution in [0.4, 0.5) is 15.9 Å². The molecule has 0 atom stereocenters. The summed E-state index contributed by atoms with van der Waals surface area (Å²) in [5.74, 6) is -0.690. The summed E-state index contributed by atoms with van der Waals surface area (Å²) in [7, 11) is -2.48. The van der Waals surface area contributed by atoms with Crippen molar-refractivity contribution in [2.45, 2.75) is 4.90 Å². The maximum atomic E-state index is 13.8. The van der Waals surface area contributed by atoms with Crippen LogP contribution in [0.5, 0.6) is 0 Å². The van der Waals surface area contributed by atoms with E-state index in [1.807, 2.05) is 0 Å². The quantitative estimate of drug-likeness (QED) is 0.833. The lowest BCUT2D eigenvalue weighted by Crippen LogP contribution is -2.16. The average molecular weight is 395 g/mol. The zero-order chi connectivity index (χ0) is 15.6. The molecule has 21 heavy (non-hydrogen) atoms. The molecule has 0 fully saturated rings. The third kappa shape index (κ3) is 3.45. The summed E-state index contributed by atoms with van der Waals surface area (Å²) in [6.45, 7) is 0. The highest BCUT2D eigenvalue weighted by atomic mass is 79.9. The molecular weight excluding hydrogens is 385 g/mol. The monoisotopic (exact) mass is 393 g/mol. The first-order chi connectivity index (χ1) is 9.85. The molecular formula is C12H10BrClFN3O2S. The number of hydrogen-bond acceptors (Lipinski definition) is 4. The van der Waals surface area contributed by atoms with Crippen LogP contribution >= 0.6 is 27.5 Å². The van der Waals surface area contributed by atoms with Gasteiger partial charge in [0.2, 0.25) is 0 Å². The predicted octanol–water partition coefficient (Wildman–Crippen LogP) is 3.48. The zero-order valence-electron chi connectivity index (χ0n) is 10.7. The van der Waals surface area contributed by atoms with Crippen molar-refractivity contribution in [1.29, 1.82) is 0 Å². The number of pyridine rings is 1. The Morgan fingerprint density at radius 2 is 2.10 bits per heavy atom. The summed E-state index contributed by atoms with van der Waals surface area (Å²) in [6.07, 6.45) is 1.45. The molecule has 0 spiro atoms. The van der Waals surface area contributed by atoms with Crippen molar-refractivity contribution in [3.8, 4) is 0 Å². The predicted molar refractivity (Wildman–Crippen MR) is 83.7 cm³/mol. The van der Waals surface area contributed by atoms with Gasteiger partial charge in [-0.15, -0.1) is 0 Å². The van der Waals surface area contributed by atoms with Crippen LogP contribution in [0.3, 0.4) is 0 Å². The second-order valence-corrected chi connectivity index (χ2v) is 6.93. The van der Waals surface area contributed by atoms with Crippen LogP contribution in [-0.4, -0.2) is 20.4 Å². The molecule has 0 saturated heterocycles. The van der Waals surface area contributed by atoms with Gasteiger partial charge in [0.15, 0.2) is 5.82 Å². The van der Waals surface area contributed by atoms with Gasteiger partial charge >= 0.3 is 0 Å². The topological polar surface area (TPSA) is 71.1 Å². The summed E-state index contributed by atoms with van der Waals surface area (Å²) in [5.41, 5.74) is -0.232. The fourth-order valence-electron chi connectivity index (χ4n) is 1.60. The van der Waals surface area contributed by atoms with Gasteiger partial charge in [0.05, 0.1) is 10.7 Å². The summed E-state index contributed by atoms with van der Waals surface area (Å²) in [6, 6.07) is 5.42. The Hall–Kier alpha value is -1.38. The van der Waals surface area contributed by atoms with Gasteiger partial charge in [0.1, 0.15) is 10.7 Å². The number of sulfonamides is 1. The van der Waals surface area contributed by atoms with E-state index < -0.39 is 15.8 Å². The molecule has 1 aromatic carbocycles. The van der Waals surface area contributed by atoms with Crippen molar-refractivity contribution in [2.24, 2.45) is 0 Å². The number of halogens is 3. The second kappa shape index (κ2) is 6.17. The molecule has 1 heterocycles. The first kappa shape index (κ1) is 16.0. The van der Waals surface area contributed by atoms with Gasteiger partial charge in [-0.25, -0.2) is 17.8 Å². The molecule has 112 valence electrons. The number of nitrogens with zero attached hydrogens (tertiary/aromatic N) is 1. The van der Waals surface area contributed by atoms with E-state index in [4.69, 9.17) is 11.6 Å². The number of aromatic nitrogens is 1. The molecule has 9 heteroatoms. The van der Waals surface area contributed by atoms with Crippen LogP contribution in [0.25, 0.3) is 0 Å². The SMILES string of the molecule is CNc1ncc(Br)cc1S(=O)(=O)Nc1cccc(Cl)c1F. The largest absolute Gasteiger partial charge is 0.372 e. The molecule has 1 aromatic heterocycles. The maximum Gasteiger partial charge on any atom is 0.265 e. The van der Waals surface area contributed by atoms with Crippen LogP contribution in [0.1, 0.15) is 0 Å². The van der Waals surface area contributed by atoms with E-state index in [1.54, 1.807) is 0 Å². The van der Waals surface area contributed by atoms with Crippen LogP contribution in [-0.2, 0) is 10.0 Å². The minimum Gasteiger partial charge on any atom is -0.372 e. The van der Waals surface area contributed by atoms with Crippen molar-refractivity contribution in [3.63, 3.8) is 0 Å². The number of hydrogen-bond donors (Lipinski definition) is 2. The fraction of sp³-hybridized carbons (Fsp3) is 0.0833. The molecule has 0 unspecified atom stereocenters. The Kier molecular flexibility index (Phi) is 4.70. The van der Waals surface area contributed by atoms with E-state index in [1.165, 1.54) is 37.5 Å². The van der Waals surface area contributed by atoms with Gasteiger partial charge in [-0.05, 0) is 34.1 Å². The first-order valence-electron chi connectivity index (χ1n) is 5.65. The van der Waals surface area contributed by atoms with Crippen LogP contribution < -0.4 is 10.0 Å². The molecule has 2 N–H and O–H groups in total. The molecule has 0 aliphatic rings. The maximum absolute atomic E-state index is 13.8. The lowest BCUT2D eigenvalue weighted by atomic mass is 10.3. The highest BCUT2D eigenvalue weighted by Gasteiger charge is 2.22. The Morgan fingerprint density at radius 1 is 1.38 bits per heavy atom. The molecule has 0 aliphatic heterocycles. The molecule has 0 amide bonds. The van der Waals surface area contributed by atoms with E-state index in [0.717, 1.165) is 0 Å². The van der Waals surface area contributed by atoms with Gasteiger partial charge in [0, 0.05) is 17.7 Å². The number of anilines is 2. The summed E-state index contributed by atoms with van der Waals surface area (Å²) < 4.78 is 41.2. The van der Waals surface area contributed by atoms with Gasteiger partial charge in [-0.1, -0.05) is 17.7 Å². The van der Waals surface area contributed by atoms with E-state index in [-0.39, 0.29) is 21.4 Å². The van der Waals surface area contributed by atoms with Crippen LogP contribution in [0.2, 0.25) is 5.02 Å². The summed E-state index contributed by atoms with van der Waals surface area (Å²) >= 11 is 8.78. The van der Waals surface area contributed by atoms with Gasteiger partial charge in [-0.2, -0.15) is 0 Å². The van der Waals surface area contributed by atoms with Crippen molar-refractivity contribution in [2.75, 3.05) is 17.1 Å². The second-order valence-electron chi connectivity index (χ2n) is 3.96. The lowest BCUT2D eigenvalue weighted by molar-refractivity contribution is 0.598. The average Bonchev–Trinajstić information content (AvgIpc) is 2.44. The third-order valence-corrected chi connectivity index (χ3v) is 4.65. The highest BCUT2D eigenvalue weighted by molar-refractivity contribution is 9.10. The minimum absolute atomic E-state index is 0.112. The standard InChI is InChI=1S/C12H10BrClFN3O2S/c1-16-12-10(5-7(13)6-17-12)21(19,20)18-9-4-2-3-8(14)11(9)15/h2-6,18H,1H3,(H,16,17). The Morgan fingerprint density at radius 3 is 2.76 bits per heavy atom. The smallest absolute Gasteiger partial charge is 0.265 e. The Balaban J connectivity index is 2.48. The number of rotatable bonds is 4. The van der Waals surface area contributed by atoms with Crippen molar-refractivity contribution < 1.29 is 12.8 Å². The third-order valence-electron chi connectivity index (χ3n) is 2.54. The normalized spacial score (nSPS) is 11.2. The van der Waals surface area contributed by atoms with E-state index >= 15 is 0 Å². The number of benzene rings is 1. The van der Waals surface area contributed by atoms with E-state index in [2.05, 4.69) is 31.0 Å². The molecule has 2 aromatic rings. The van der Waals surface area contributed by atoms with E-state index in [9.17, 15) is 12.8 Å². The molecule has 0 saturated carbocycles. The Labute approximate surface area is 134 Å². The van der Waals surface area contributed by atoms with Gasteiger partial charge in [0.25, 0.3) is 10.0 Å². The fourth-order valence-corrected chi connectivity index (χ4v) is 3.50. The lowest BCUT2D eigenvalue weighted by Gasteiger charge is -2.12. The van der Waals surface area contributed by atoms with Crippen molar-refractivity contribution in [1.82, 2.24) is 4.98 Å². The first-order valence-corrected chi connectivity index (χ1v) is 8.30. The highest BCUT2D eigenvalue weighted by Crippen LogP contribution is 2.28. The minimum atomic E-state index is -4.02.